The fraction of sp³-hybridized carbons (Fsp3) is 0.684. The average Bonchev–Trinajstić information content (AvgIpc) is 2.45. The van der Waals surface area contributed by atoms with Gasteiger partial charge in [0.2, 0.25) is 0 Å². The summed E-state index contributed by atoms with van der Waals surface area (Å²) in [5.74, 6) is 0. The molecule has 2 unspecified atom stereocenters. The van der Waals surface area contributed by atoms with Crippen LogP contribution in [0.2, 0.25) is 0 Å². The lowest BCUT2D eigenvalue weighted by atomic mass is 9.83. The van der Waals surface area contributed by atoms with Gasteiger partial charge in [-0.1, -0.05) is 37.6 Å². The van der Waals surface area contributed by atoms with E-state index in [1.54, 1.807) is 0 Å². The normalized spacial score (nSPS) is 16.0. The van der Waals surface area contributed by atoms with Crippen molar-refractivity contribution in [2.45, 2.75) is 65.5 Å². The largest absolute Gasteiger partial charge is 0.312 e. The fourth-order valence-corrected chi connectivity index (χ4v) is 2.94. The van der Waals surface area contributed by atoms with Crippen molar-refractivity contribution in [1.29, 1.82) is 0 Å². The molecule has 0 aromatic heterocycles. The third kappa shape index (κ3) is 4.55. The summed E-state index contributed by atoms with van der Waals surface area (Å²) in [6.45, 7) is 12.4. The van der Waals surface area contributed by atoms with Crippen LogP contribution in [0.4, 0.5) is 0 Å². The molecule has 0 aliphatic carbocycles. The molecule has 0 aliphatic heterocycles. The highest BCUT2D eigenvalue weighted by molar-refractivity contribution is 5.31. The topological polar surface area (TPSA) is 15.3 Å². The number of hydrogen-bond acceptors (Lipinski definition) is 2. The molecular weight excluding hydrogens is 256 g/mol. The molecule has 0 saturated carbocycles. The highest BCUT2D eigenvalue weighted by atomic mass is 15.2. The summed E-state index contributed by atoms with van der Waals surface area (Å²) in [5, 5.41) is 3.80. The third-order valence-electron chi connectivity index (χ3n) is 5.06. The van der Waals surface area contributed by atoms with E-state index in [-0.39, 0.29) is 5.54 Å². The second kappa shape index (κ2) is 7.95. The van der Waals surface area contributed by atoms with Crippen molar-refractivity contribution in [3.8, 4) is 0 Å². The second-order valence-electron chi connectivity index (χ2n) is 6.75. The third-order valence-corrected chi connectivity index (χ3v) is 5.06. The van der Waals surface area contributed by atoms with E-state index in [1.807, 2.05) is 0 Å². The van der Waals surface area contributed by atoms with Crippen LogP contribution < -0.4 is 5.32 Å². The molecule has 0 fully saturated rings. The van der Waals surface area contributed by atoms with Gasteiger partial charge >= 0.3 is 0 Å². The maximum absolute atomic E-state index is 3.80. The standard InChI is InChI=1S/C19H34N2/c1-8-12-20-18(19(5,9-2)21(6)7)14-17-13-15(3)10-11-16(17)4/h10-11,13,18,20H,8-9,12,14H2,1-7H3. The summed E-state index contributed by atoms with van der Waals surface area (Å²) in [5.41, 5.74) is 4.41. The Hall–Kier alpha value is -0.860. The van der Waals surface area contributed by atoms with Crippen LogP contribution in [0, 0.1) is 13.8 Å². The van der Waals surface area contributed by atoms with Crippen molar-refractivity contribution in [2.75, 3.05) is 20.6 Å². The number of aryl methyl sites for hydroxylation is 2. The maximum Gasteiger partial charge on any atom is 0.0328 e. The van der Waals surface area contributed by atoms with Crippen LogP contribution >= 0.6 is 0 Å². The molecule has 0 saturated heterocycles. The Morgan fingerprint density at radius 3 is 2.38 bits per heavy atom. The Balaban J connectivity index is 3.05. The van der Waals surface area contributed by atoms with Crippen LogP contribution in [-0.2, 0) is 6.42 Å². The zero-order chi connectivity index (χ0) is 16.0. The van der Waals surface area contributed by atoms with E-state index in [9.17, 15) is 0 Å². The summed E-state index contributed by atoms with van der Waals surface area (Å²) in [6, 6.07) is 7.28. The van der Waals surface area contributed by atoms with E-state index in [4.69, 9.17) is 0 Å². The first-order chi connectivity index (χ1) is 9.85. The minimum absolute atomic E-state index is 0.172. The highest BCUT2D eigenvalue weighted by Crippen LogP contribution is 2.25. The number of hydrogen-bond donors (Lipinski definition) is 1. The Labute approximate surface area is 131 Å². The fourth-order valence-electron chi connectivity index (χ4n) is 2.94. The van der Waals surface area contributed by atoms with Crippen molar-refractivity contribution >= 4 is 0 Å². The highest BCUT2D eigenvalue weighted by Gasteiger charge is 2.34. The lowest BCUT2D eigenvalue weighted by Crippen LogP contribution is -2.58. The van der Waals surface area contributed by atoms with E-state index < -0.39 is 0 Å². The first kappa shape index (κ1) is 18.2. The molecule has 1 aromatic carbocycles. The number of likely N-dealkylation sites (N-methyl/N-ethyl adjacent to an activating group) is 1. The number of benzene rings is 1. The summed E-state index contributed by atoms with van der Waals surface area (Å²) >= 11 is 0. The zero-order valence-corrected chi connectivity index (χ0v) is 15.1. The first-order valence-electron chi connectivity index (χ1n) is 8.32. The zero-order valence-electron chi connectivity index (χ0n) is 15.1. The molecule has 2 nitrogen and oxygen atoms in total. The van der Waals surface area contributed by atoms with Gasteiger partial charge in [0.05, 0.1) is 0 Å². The molecule has 21 heavy (non-hydrogen) atoms. The summed E-state index contributed by atoms with van der Waals surface area (Å²) in [4.78, 5) is 2.38. The predicted octanol–water partition coefficient (Wildman–Crippen LogP) is 3.94. The summed E-state index contributed by atoms with van der Waals surface area (Å²) in [6.07, 6.45) is 3.42. The Morgan fingerprint density at radius 1 is 1.19 bits per heavy atom. The molecule has 0 amide bonds. The van der Waals surface area contributed by atoms with E-state index in [0.717, 1.165) is 19.4 Å². The quantitative estimate of drug-likeness (QED) is 0.780. The molecule has 0 heterocycles. The van der Waals surface area contributed by atoms with Gasteiger partial charge in [-0.2, -0.15) is 0 Å². The molecule has 0 bridgehead atoms. The van der Waals surface area contributed by atoms with Gasteiger partial charge in [-0.25, -0.2) is 0 Å². The van der Waals surface area contributed by atoms with Crippen molar-refractivity contribution in [2.24, 2.45) is 0 Å². The minimum atomic E-state index is 0.172. The lowest BCUT2D eigenvalue weighted by Gasteiger charge is -2.43. The molecule has 0 radical (unpaired) electrons. The van der Waals surface area contributed by atoms with Crippen LogP contribution in [0.15, 0.2) is 18.2 Å². The SMILES string of the molecule is CCCNC(Cc1cc(C)ccc1C)C(C)(CC)N(C)C. The molecule has 120 valence electrons. The number of nitrogens with one attached hydrogen (secondary N) is 1. The Bertz CT molecular complexity index is 439. The van der Waals surface area contributed by atoms with Crippen molar-refractivity contribution in [1.82, 2.24) is 10.2 Å². The van der Waals surface area contributed by atoms with E-state index in [1.165, 1.54) is 23.1 Å². The van der Waals surface area contributed by atoms with E-state index >= 15 is 0 Å². The van der Waals surface area contributed by atoms with Gasteiger partial charge in [0.15, 0.2) is 0 Å². The summed E-state index contributed by atoms with van der Waals surface area (Å²) in [7, 11) is 4.40. The van der Waals surface area contributed by atoms with Crippen molar-refractivity contribution in [3.63, 3.8) is 0 Å². The van der Waals surface area contributed by atoms with Gasteiger partial charge in [0.1, 0.15) is 0 Å². The second-order valence-corrected chi connectivity index (χ2v) is 6.75. The van der Waals surface area contributed by atoms with Crippen LogP contribution in [0.25, 0.3) is 0 Å². The smallest absolute Gasteiger partial charge is 0.0328 e. The van der Waals surface area contributed by atoms with Crippen LogP contribution in [0.5, 0.6) is 0 Å². The van der Waals surface area contributed by atoms with Crippen LogP contribution in [0.1, 0.15) is 50.3 Å². The Kier molecular flexibility index (Phi) is 6.89. The van der Waals surface area contributed by atoms with Crippen molar-refractivity contribution < 1.29 is 0 Å². The van der Waals surface area contributed by atoms with E-state index in [2.05, 4.69) is 77.1 Å². The monoisotopic (exact) mass is 290 g/mol. The number of nitrogens with zero attached hydrogens (tertiary/aromatic N) is 1. The van der Waals surface area contributed by atoms with E-state index in [0.29, 0.717) is 6.04 Å². The maximum atomic E-state index is 3.80. The molecule has 0 aliphatic rings. The molecule has 0 spiro atoms. The van der Waals surface area contributed by atoms with Gasteiger partial charge in [0.25, 0.3) is 0 Å². The van der Waals surface area contributed by atoms with Gasteiger partial charge in [-0.15, -0.1) is 0 Å². The van der Waals surface area contributed by atoms with Crippen LogP contribution in [-0.4, -0.2) is 37.1 Å². The number of rotatable bonds is 8. The van der Waals surface area contributed by atoms with Crippen LogP contribution in [0.3, 0.4) is 0 Å². The molecule has 2 atom stereocenters. The average molecular weight is 290 g/mol. The summed E-state index contributed by atoms with van der Waals surface area (Å²) < 4.78 is 0. The first-order valence-corrected chi connectivity index (χ1v) is 8.32. The molecule has 1 aromatic rings. The molecular formula is C19H34N2. The molecule has 2 heteroatoms. The molecule has 1 rings (SSSR count). The lowest BCUT2D eigenvalue weighted by molar-refractivity contribution is 0.112. The van der Waals surface area contributed by atoms with Gasteiger partial charge in [-0.3, -0.25) is 0 Å². The van der Waals surface area contributed by atoms with Gasteiger partial charge < -0.3 is 10.2 Å². The van der Waals surface area contributed by atoms with Gasteiger partial charge in [0, 0.05) is 11.6 Å². The van der Waals surface area contributed by atoms with Gasteiger partial charge in [-0.05, 0) is 71.8 Å². The Morgan fingerprint density at radius 2 is 1.86 bits per heavy atom. The predicted molar refractivity (Wildman–Crippen MR) is 94.1 cm³/mol. The van der Waals surface area contributed by atoms with Crippen molar-refractivity contribution in [3.05, 3.63) is 34.9 Å². The minimum Gasteiger partial charge on any atom is -0.312 e. The molecule has 1 N–H and O–H groups in total.